The van der Waals surface area contributed by atoms with Gasteiger partial charge >= 0.3 is 0 Å². The molecule has 3 heterocycles. The van der Waals surface area contributed by atoms with Gasteiger partial charge in [0.25, 0.3) is 0 Å². The Balaban J connectivity index is 1.44. The first-order chi connectivity index (χ1) is 16.7. The summed E-state index contributed by atoms with van der Waals surface area (Å²) in [5.41, 5.74) is 1.21. The predicted molar refractivity (Wildman–Crippen MR) is 134 cm³/mol. The van der Waals surface area contributed by atoms with Crippen LogP contribution in [0, 0.1) is 24.7 Å². The molecule has 2 atom stereocenters. The van der Waals surface area contributed by atoms with E-state index in [9.17, 15) is 13.2 Å². The molecule has 35 heavy (non-hydrogen) atoms. The van der Waals surface area contributed by atoms with E-state index in [0.717, 1.165) is 30.8 Å². The minimum Gasteiger partial charge on any atom is -0.497 e. The summed E-state index contributed by atoms with van der Waals surface area (Å²) in [6, 6.07) is 7.41. The average Bonchev–Trinajstić information content (AvgIpc) is 3.23. The highest BCUT2D eigenvalue weighted by Crippen LogP contribution is 2.31. The lowest BCUT2D eigenvalue weighted by molar-refractivity contribution is -0.139. The molecule has 0 N–H and O–H groups in total. The minimum atomic E-state index is -3.81. The lowest BCUT2D eigenvalue weighted by atomic mass is 9.89. The number of hydrogen-bond donors (Lipinski definition) is 0. The molecule has 1 aromatic heterocycles. The molecule has 190 valence electrons. The largest absolute Gasteiger partial charge is 0.497 e. The number of nitrogens with zero attached hydrogens (tertiary/aromatic N) is 3. The third kappa shape index (κ3) is 5.62. The van der Waals surface area contributed by atoms with Crippen molar-refractivity contribution in [1.82, 2.24) is 14.4 Å². The number of piperidine rings is 2. The number of amides is 1. The van der Waals surface area contributed by atoms with Gasteiger partial charge in [-0.1, -0.05) is 37.2 Å². The van der Waals surface area contributed by atoms with Crippen LogP contribution in [0.3, 0.4) is 0 Å². The van der Waals surface area contributed by atoms with E-state index in [0.29, 0.717) is 43.5 Å². The highest BCUT2D eigenvalue weighted by atomic mass is 32.2. The Morgan fingerprint density at radius 1 is 1.09 bits per heavy atom. The van der Waals surface area contributed by atoms with Crippen molar-refractivity contribution >= 4 is 28.1 Å². The van der Waals surface area contributed by atoms with Crippen molar-refractivity contribution in [2.45, 2.75) is 44.9 Å². The van der Waals surface area contributed by atoms with Crippen molar-refractivity contribution in [3.63, 3.8) is 0 Å². The molecule has 1 amide bonds. The molecule has 0 aliphatic carbocycles. The molecule has 0 saturated carbocycles. The van der Waals surface area contributed by atoms with Gasteiger partial charge in [0.05, 0.1) is 7.11 Å². The molecule has 9 heteroatoms. The van der Waals surface area contributed by atoms with Gasteiger partial charge in [0.1, 0.15) is 11.4 Å². The third-order valence-corrected chi connectivity index (χ3v) is 9.02. The maximum absolute atomic E-state index is 13.5. The van der Waals surface area contributed by atoms with E-state index < -0.39 is 10.0 Å². The zero-order valence-electron chi connectivity index (χ0n) is 20.9. The molecule has 4 rings (SSSR count). The summed E-state index contributed by atoms with van der Waals surface area (Å²) in [5.74, 6) is 2.00. The van der Waals surface area contributed by atoms with E-state index >= 15 is 0 Å². The van der Waals surface area contributed by atoms with Crippen LogP contribution in [0.2, 0.25) is 0 Å². The second-order valence-corrected chi connectivity index (χ2v) is 11.8. The van der Waals surface area contributed by atoms with Crippen LogP contribution in [0.25, 0.3) is 12.2 Å². The summed E-state index contributed by atoms with van der Waals surface area (Å²) in [5, 5.41) is 3.92. The standard InChI is InChI=1S/C26H35N3O5S/c1-18-15-19(2)17-28(16-18)26(30)22-11-13-29(14-12-22)35(31,32)25-20(3)27-34-24(25)10-7-21-5-8-23(33-4)9-6-21/h5-10,18-19,22H,11-17H2,1-4H3/b10-7-/t18-,19-/m0/s1. The van der Waals surface area contributed by atoms with E-state index in [-0.39, 0.29) is 22.5 Å². The molecule has 2 fully saturated rings. The predicted octanol–water partition coefficient (Wildman–Crippen LogP) is 4.07. The number of likely N-dealkylation sites (tertiary alicyclic amines) is 1. The van der Waals surface area contributed by atoms with Gasteiger partial charge in [-0.25, -0.2) is 8.42 Å². The van der Waals surface area contributed by atoms with Crippen LogP contribution in [0.4, 0.5) is 0 Å². The van der Waals surface area contributed by atoms with Crippen LogP contribution in [-0.4, -0.2) is 62.0 Å². The van der Waals surface area contributed by atoms with Gasteiger partial charge in [0.15, 0.2) is 10.7 Å². The molecule has 2 aromatic rings. The zero-order chi connectivity index (χ0) is 25.2. The van der Waals surface area contributed by atoms with Crippen molar-refractivity contribution < 1.29 is 22.5 Å². The number of hydrogen-bond acceptors (Lipinski definition) is 6. The fourth-order valence-electron chi connectivity index (χ4n) is 5.26. The lowest BCUT2D eigenvalue weighted by Crippen LogP contribution is -2.48. The Hall–Kier alpha value is -2.65. The van der Waals surface area contributed by atoms with Crippen molar-refractivity contribution in [1.29, 1.82) is 0 Å². The van der Waals surface area contributed by atoms with Crippen LogP contribution in [0.15, 0.2) is 33.7 Å². The normalized spacial score (nSPS) is 22.6. The van der Waals surface area contributed by atoms with Crippen molar-refractivity contribution in [2.75, 3.05) is 33.3 Å². The number of ether oxygens (including phenoxy) is 1. The first-order valence-electron chi connectivity index (χ1n) is 12.3. The number of carbonyl (C=O) groups excluding carboxylic acids is 1. The summed E-state index contributed by atoms with van der Waals surface area (Å²) in [6.07, 6.45) is 5.61. The number of benzene rings is 1. The zero-order valence-corrected chi connectivity index (χ0v) is 21.8. The van der Waals surface area contributed by atoms with Crippen LogP contribution >= 0.6 is 0 Å². The van der Waals surface area contributed by atoms with Gasteiger partial charge in [-0.2, -0.15) is 4.31 Å². The Bertz CT molecular complexity index is 1150. The first kappa shape index (κ1) is 25.4. The first-order valence-corrected chi connectivity index (χ1v) is 13.7. The highest BCUT2D eigenvalue weighted by Gasteiger charge is 2.37. The molecule has 2 aliphatic rings. The molecule has 0 unspecified atom stereocenters. The van der Waals surface area contributed by atoms with Gasteiger partial charge in [0.2, 0.25) is 15.9 Å². The van der Waals surface area contributed by atoms with Gasteiger partial charge in [0, 0.05) is 32.1 Å². The van der Waals surface area contributed by atoms with E-state index in [4.69, 9.17) is 9.26 Å². The summed E-state index contributed by atoms with van der Waals surface area (Å²) >= 11 is 0. The molecule has 1 aromatic carbocycles. The summed E-state index contributed by atoms with van der Waals surface area (Å²) in [4.78, 5) is 15.2. The highest BCUT2D eigenvalue weighted by molar-refractivity contribution is 7.89. The van der Waals surface area contributed by atoms with Crippen LogP contribution < -0.4 is 4.74 Å². The summed E-state index contributed by atoms with van der Waals surface area (Å²) in [7, 11) is -2.20. The van der Waals surface area contributed by atoms with E-state index in [1.807, 2.05) is 29.2 Å². The Morgan fingerprint density at radius 3 is 2.31 bits per heavy atom. The monoisotopic (exact) mass is 501 g/mol. The van der Waals surface area contributed by atoms with Crippen LogP contribution in [0.5, 0.6) is 5.75 Å². The SMILES string of the molecule is COc1ccc(/C=C\c2onc(C)c2S(=O)(=O)N2CCC(C(=O)N3C[C@@H](C)C[C@H](C)C3)CC2)cc1. The fourth-order valence-corrected chi connectivity index (χ4v) is 6.98. The second-order valence-electron chi connectivity index (χ2n) is 9.94. The quantitative estimate of drug-likeness (QED) is 0.593. The van der Waals surface area contributed by atoms with E-state index in [1.165, 1.54) is 4.31 Å². The van der Waals surface area contributed by atoms with Crippen LogP contribution in [-0.2, 0) is 14.8 Å². The van der Waals surface area contributed by atoms with E-state index in [2.05, 4.69) is 19.0 Å². The van der Waals surface area contributed by atoms with Crippen molar-refractivity contribution in [3.8, 4) is 5.75 Å². The molecule has 0 radical (unpaired) electrons. The van der Waals surface area contributed by atoms with Crippen LogP contribution in [0.1, 0.15) is 50.1 Å². The van der Waals surface area contributed by atoms with Gasteiger partial charge in [-0.05, 0) is 61.8 Å². The lowest BCUT2D eigenvalue weighted by Gasteiger charge is -2.39. The van der Waals surface area contributed by atoms with Gasteiger partial charge < -0.3 is 14.2 Å². The third-order valence-electron chi connectivity index (χ3n) is 6.96. The minimum absolute atomic E-state index is 0.0886. The molecule has 8 nitrogen and oxygen atoms in total. The average molecular weight is 502 g/mol. The number of sulfonamides is 1. The molecular formula is C26H35N3O5S. The van der Waals surface area contributed by atoms with Gasteiger partial charge in [-0.3, -0.25) is 4.79 Å². The maximum Gasteiger partial charge on any atom is 0.248 e. The topological polar surface area (TPSA) is 93.0 Å². The Morgan fingerprint density at radius 2 is 1.71 bits per heavy atom. The Labute approximate surface area is 208 Å². The number of aryl methyl sites for hydroxylation is 1. The van der Waals surface area contributed by atoms with E-state index in [1.54, 1.807) is 26.2 Å². The number of rotatable bonds is 6. The number of aromatic nitrogens is 1. The fraction of sp³-hybridized carbons (Fsp3) is 0.538. The maximum atomic E-state index is 13.5. The summed E-state index contributed by atoms with van der Waals surface area (Å²) < 4.78 is 39.1. The van der Waals surface area contributed by atoms with Crippen molar-refractivity contribution in [3.05, 3.63) is 41.3 Å². The molecule has 2 saturated heterocycles. The Kier molecular flexibility index (Phi) is 7.66. The molecule has 2 aliphatic heterocycles. The van der Waals surface area contributed by atoms with Gasteiger partial charge in [-0.15, -0.1) is 0 Å². The smallest absolute Gasteiger partial charge is 0.248 e. The number of methoxy groups -OCH3 is 1. The molecular weight excluding hydrogens is 466 g/mol. The number of carbonyl (C=O) groups is 1. The van der Waals surface area contributed by atoms with Crippen molar-refractivity contribution in [2.24, 2.45) is 17.8 Å². The second kappa shape index (κ2) is 10.5. The molecule has 0 spiro atoms. The molecule has 0 bridgehead atoms. The summed E-state index contributed by atoms with van der Waals surface area (Å²) in [6.45, 7) is 8.22.